The van der Waals surface area contributed by atoms with Gasteiger partial charge in [-0.05, 0) is 23.3 Å². The number of aryl methyl sites for hydroxylation is 1. The van der Waals surface area contributed by atoms with Gasteiger partial charge in [0.2, 0.25) is 0 Å². The van der Waals surface area contributed by atoms with Crippen molar-refractivity contribution in [2.24, 2.45) is 7.05 Å². The first-order valence-electron chi connectivity index (χ1n) is 8.18. The quantitative estimate of drug-likeness (QED) is 0.718. The first-order valence-corrected chi connectivity index (χ1v) is 8.18. The number of hydrogen-bond donors (Lipinski definition) is 1. The van der Waals surface area contributed by atoms with Crippen LogP contribution in [0, 0.1) is 0 Å². The van der Waals surface area contributed by atoms with Crippen molar-refractivity contribution < 1.29 is 9.47 Å². The lowest BCUT2D eigenvalue weighted by Gasteiger charge is -2.19. The summed E-state index contributed by atoms with van der Waals surface area (Å²) in [4.78, 5) is 4.52. The van der Waals surface area contributed by atoms with E-state index in [9.17, 15) is 0 Å². The fourth-order valence-corrected chi connectivity index (χ4v) is 2.85. The summed E-state index contributed by atoms with van der Waals surface area (Å²) in [6, 6.07) is 16.2. The van der Waals surface area contributed by atoms with Crippen LogP contribution in [-0.4, -0.2) is 23.8 Å². The molecular weight excluding hydrogens is 314 g/mol. The van der Waals surface area contributed by atoms with Gasteiger partial charge in [-0.25, -0.2) is 4.98 Å². The number of aromatic nitrogens is 2. The summed E-state index contributed by atoms with van der Waals surface area (Å²) in [6.07, 6.45) is 3.78. The highest BCUT2D eigenvalue weighted by Gasteiger charge is 2.17. The Morgan fingerprint density at radius 3 is 2.28 bits per heavy atom. The van der Waals surface area contributed by atoms with Crippen LogP contribution < -0.4 is 14.8 Å². The van der Waals surface area contributed by atoms with Crippen molar-refractivity contribution in [2.75, 3.05) is 14.2 Å². The molecule has 0 fully saturated rings. The molecule has 0 aliphatic heterocycles. The molecule has 1 heterocycles. The Kier molecular flexibility index (Phi) is 5.36. The lowest BCUT2D eigenvalue weighted by atomic mass is 10.1. The number of rotatable bonds is 7. The SMILES string of the molecule is COc1cc(CN[C@H](c2ccccc2)c2nccn2C)cc(OC)c1. The maximum atomic E-state index is 5.36. The van der Waals surface area contributed by atoms with Crippen LogP contribution in [0.25, 0.3) is 0 Å². The Balaban J connectivity index is 1.86. The lowest BCUT2D eigenvalue weighted by Crippen LogP contribution is -2.24. The third-order valence-electron chi connectivity index (χ3n) is 4.17. The molecule has 25 heavy (non-hydrogen) atoms. The topological polar surface area (TPSA) is 48.3 Å². The van der Waals surface area contributed by atoms with E-state index in [1.807, 2.05) is 60.4 Å². The van der Waals surface area contributed by atoms with Crippen LogP contribution in [0.3, 0.4) is 0 Å². The molecule has 0 saturated heterocycles. The highest BCUT2D eigenvalue weighted by Crippen LogP contribution is 2.24. The van der Waals surface area contributed by atoms with E-state index in [0.29, 0.717) is 6.54 Å². The molecule has 1 atom stereocenters. The number of benzene rings is 2. The van der Waals surface area contributed by atoms with Crippen molar-refractivity contribution in [3.05, 3.63) is 77.9 Å². The van der Waals surface area contributed by atoms with Crippen LogP contribution in [0.5, 0.6) is 11.5 Å². The second kappa shape index (κ2) is 7.85. The summed E-state index contributed by atoms with van der Waals surface area (Å²) in [6.45, 7) is 0.667. The van der Waals surface area contributed by atoms with Crippen molar-refractivity contribution in [1.82, 2.24) is 14.9 Å². The van der Waals surface area contributed by atoms with Crippen molar-refractivity contribution in [3.63, 3.8) is 0 Å². The van der Waals surface area contributed by atoms with Crippen LogP contribution in [0.4, 0.5) is 0 Å². The molecule has 2 aromatic carbocycles. The molecule has 1 aromatic heterocycles. The van der Waals surface area contributed by atoms with Crippen molar-refractivity contribution in [2.45, 2.75) is 12.6 Å². The molecule has 0 radical (unpaired) electrons. The van der Waals surface area contributed by atoms with Crippen LogP contribution in [0.15, 0.2) is 60.9 Å². The third-order valence-corrected chi connectivity index (χ3v) is 4.17. The van der Waals surface area contributed by atoms with E-state index in [2.05, 4.69) is 22.4 Å². The fraction of sp³-hybridized carbons (Fsp3) is 0.250. The molecule has 3 rings (SSSR count). The zero-order valence-electron chi connectivity index (χ0n) is 14.8. The third kappa shape index (κ3) is 4.00. The van der Waals surface area contributed by atoms with Gasteiger partial charge < -0.3 is 14.0 Å². The Bertz CT molecular complexity index is 793. The summed E-state index contributed by atoms with van der Waals surface area (Å²) >= 11 is 0. The van der Waals surface area contributed by atoms with E-state index in [0.717, 1.165) is 22.9 Å². The van der Waals surface area contributed by atoms with E-state index in [-0.39, 0.29) is 6.04 Å². The summed E-state index contributed by atoms with van der Waals surface area (Å²) in [5.41, 5.74) is 2.26. The van der Waals surface area contributed by atoms with Gasteiger partial charge in [0.1, 0.15) is 17.3 Å². The average Bonchev–Trinajstić information content (AvgIpc) is 3.08. The Labute approximate surface area is 148 Å². The van der Waals surface area contributed by atoms with Gasteiger partial charge in [-0.15, -0.1) is 0 Å². The molecule has 1 N–H and O–H groups in total. The summed E-state index contributed by atoms with van der Waals surface area (Å²) in [5.74, 6) is 2.54. The minimum absolute atomic E-state index is 0.00149. The van der Waals surface area contributed by atoms with Crippen molar-refractivity contribution in [1.29, 1.82) is 0 Å². The van der Waals surface area contributed by atoms with Gasteiger partial charge >= 0.3 is 0 Å². The van der Waals surface area contributed by atoms with Gasteiger partial charge in [0.05, 0.1) is 20.3 Å². The van der Waals surface area contributed by atoms with Gasteiger partial charge in [0.25, 0.3) is 0 Å². The van der Waals surface area contributed by atoms with Crippen LogP contribution in [0.1, 0.15) is 23.0 Å². The highest BCUT2D eigenvalue weighted by atomic mass is 16.5. The van der Waals surface area contributed by atoms with E-state index in [1.54, 1.807) is 14.2 Å². The monoisotopic (exact) mass is 337 g/mol. The predicted molar refractivity (Wildman–Crippen MR) is 97.9 cm³/mol. The minimum atomic E-state index is -0.00149. The Morgan fingerprint density at radius 2 is 1.72 bits per heavy atom. The second-order valence-electron chi connectivity index (χ2n) is 5.84. The molecule has 0 bridgehead atoms. The number of methoxy groups -OCH3 is 2. The van der Waals surface area contributed by atoms with Crippen molar-refractivity contribution >= 4 is 0 Å². The molecule has 5 nitrogen and oxygen atoms in total. The molecule has 0 saturated carbocycles. The normalized spacial score (nSPS) is 12.0. The Morgan fingerprint density at radius 1 is 1.04 bits per heavy atom. The first-order chi connectivity index (χ1) is 12.2. The van der Waals surface area contributed by atoms with Gasteiger partial charge in [0, 0.05) is 32.1 Å². The molecule has 0 amide bonds. The molecule has 0 unspecified atom stereocenters. The smallest absolute Gasteiger partial charge is 0.130 e. The van der Waals surface area contributed by atoms with E-state index < -0.39 is 0 Å². The molecule has 0 aliphatic carbocycles. The second-order valence-corrected chi connectivity index (χ2v) is 5.84. The fourth-order valence-electron chi connectivity index (χ4n) is 2.85. The minimum Gasteiger partial charge on any atom is -0.497 e. The number of imidazole rings is 1. The molecule has 3 aromatic rings. The van der Waals surface area contributed by atoms with Crippen LogP contribution >= 0.6 is 0 Å². The maximum absolute atomic E-state index is 5.36. The molecule has 130 valence electrons. The molecule has 5 heteroatoms. The number of nitrogens with zero attached hydrogens (tertiary/aromatic N) is 2. The first kappa shape index (κ1) is 17.0. The Hall–Kier alpha value is -2.79. The summed E-state index contributed by atoms with van der Waals surface area (Å²) in [5, 5.41) is 3.60. The van der Waals surface area contributed by atoms with E-state index >= 15 is 0 Å². The van der Waals surface area contributed by atoms with Crippen LogP contribution in [-0.2, 0) is 13.6 Å². The highest BCUT2D eigenvalue weighted by molar-refractivity contribution is 5.38. The zero-order valence-corrected chi connectivity index (χ0v) is 14.8. The standard InChI is InChI=1S/C20H23N3O2/c1-23-10-9-21-20(23)19(16-7-5-4-6-8-16)22-14-15-11-17(24-2)13-18(12-15)25-3/h4-13,19,22H,14H2,1-3H3/t19-/m1/s1. The van der Waals surface area contributed by atoms with Gasteiger partial charge in [-0.2, -0.15) is 0 Å². The van der Waals surface area contributed by atoms with Gasteiger partial charge in [-0.3, -0.25) is 5.32 Å². The predicted octanol–water partition coefficient (Wildman–Crippen LogP) is 3.32. The number of hydrogen-bond acceptors (Lipinski definition) is 4. The van der Waals surface area contributed by atoms with E-state index in [4.69, 9.17) is 9.47 Å². The molecule has 0 spiro atoms. The van der Waals surface area contributed by atoms with E-state index in [1.165, 1.54) is 5.56 Å². The average molecular weight is 337 g/mol. The summed E-state index contributed by atoms with van der Waals surface area (Å²) < 4.78 is 12.8. The molecular formula is C20H23N3O2. The number of nitrogens with one attached hydrogen (secondary N) is 1. The maximum Gasteiger partial charge on any atom is 0.130 e. The van der Waals surface area contributed by atoms with Crippen LogP contribution in [0.2, 0.25) is 0 Å². The van der Waals surface area contributed by atoms with Gasteiger partial charge in [0.15, 0.2) is 0 Å². The molecule has 0 aliphatic rings. The largest absolute Gasteiger partial charge is 0.497 e. The van der Waals surface area contributed by atoms with Gasteiger partial charge in [-0.1, -0.05) is 30.3 Å². The summed E-state index contributed by atoms with van der Waals surface area (Å²) in [7, 11) is 5.33. The number of ether oxygens (including phenoxy) is 2. The zero-order chi connectivity index (χ0) is 17.6. The lowest BCUT2D eigenvalue weighted by molar-refractivity contribution is 0.393. The van der Waals surface area contributed by atoms with Crippen molar-refractivity contribution in [3.8, 4) is 11.5 Å².